The minimum atomic E-state index is -0.794. The summed E-state index contributed by atoms with van der Waals surface area (Å²) in [5.74, 6) is -0.932. The third kappa shape index (κ3) is 2.30. The van der Waals surface area contributed by atoms with Crippen molar-refractivity contribution in [2.24, 2.45) is 0 Å². The molecule has 0 saturated carbocycles. The smallest absolute Gasteiger partial charge is 0.369 e. The zero-order valence-electron chi connectivity index (χ0n) is 8.34. The number of carbonyl (C=O) groups excluding carboxylic acids is 2. The van der Waals surface area contributed by atoms with Crippen LogP contribution in [0.15, 0.2) is 12.4 Å². The number of nitrogens with zero attached hydrogens (tertiary/aromatic N) is 1. The molecule has 1 unspecified atom stereocenters. The van der Waals surface area contributed by atoms with Gasteiger partial charge in [0, 0.05) is 12.6 Å². The lowest BCUT2D eigenvalue weighted by atomic mass is 10.2. The monoisotopic (exact) mass is 242 g/mol. The maximum absolute atomic E-state index is 11.4. The first-order valence-electron chi connectivity index (χ1n) is 4.82. The molecule has 2 heterocycles. The van der Waals surface area contributed by atoms with Crippen LogP contribution in [0.2, 0.25) is 0 Å². The van der Waals surface area contributed by atoms with Gasteiger partial charge in [-0.2, -0.15) is 5.06 Å². The van der Waals surface area contributed by atoms with Crippen molar-refractivity contribution < 1.29 is 19.2 Å². The lowest BCUT2D eigenvalue weighted by molar-refractivity contribution is -0.216. The average molecular weight is 242 g/mol. The minimum absolute atomic E-state index is 0.189. The molecule has 0 aromatic heterocycles. The maximum Gasteiger partial charge on any atom is 0.369 e. The molecule has 86 valence electrons. The van der Waals surface area contributed by atoms with E-state index in [1.165, 1.54) is 12.4 Å². The third-order valence-electron chi connectivity index (χ3n) is 2.14. The molecule has 1 saturated heterocycles. The van der Waals surface area contributed by atoms with Gasteiger partial charge in [0.15, 0.2) is 0 Å². The number of thiocarbonyl (C=S) groups is 1. The van der Waals surface area contributed by atoms with Crippen LogP contribution in [0, 0.1) is 0 Å². The number of ether oxygens (including phenoxy) is 1. The highest BCUT2D eigenvalue weighted by Gasteiger charge is 2.28. The first-order chi connectivity index (χ1) is 7.66. The topological polar surface area (TPSA) is 67.9 Å². The second-order valence-electron chi connectivity index (χ2n) is 3.34. The van der Waals surface area contributed by atoms with Crippen molar-refractivity contribution in [2.75, 3.05) is 0 Å². The molecule has 2 aliphatic rings. The fraction of sp³-hybridized carbons (Fsp3) is 0.444. The lowest BCUT2D eigenvalue weighted by Crippen LogP contribution is -2.42. The number of esters is 1. The highest BCUT2D eigenvalue weighted by molar-refractivity contribution is 7.82. The van der Waals surface area contributed by atoms with E-state index in [1.54, 1.807) is 0 Å². The van der Waals surface area contributed by atoms with Gasteiger partial charge in [0.2, 0.25) is 0 Å². The summed E-state index contributed by atoms with van der Waals surface area (Å²) < 4.78 is 5.03. The Morgan fingerprint density at radius 1 is 1.44 bits per heavy atom. The van der Waals surface area contributed by atoms with Crippen LogP contribution < -0.4 is 5.32 Å². The first kappa shape index (κ1) is 10.9. The van der Waals surface area contributed by atoms with Gasteiger partial charge in [0.05, 0.1) is 6.20 Å². The largest absolute Gasteiger partial charge is 0.419 e. The highest BCUT2D eigenvalue weighted by atomic mass is 32.1. The van der Waals surface area contributed by atoms with E-state index in [9.17, 15) is 9.59 Å². The zero-order valence-corrected chi connectivity index (χ0v) is 9.16. The summed E-state index contributed by atoms with van der Waals surface area (Å²) in [5, 5.41) is 3.84. The minimum Gasteiger partial charge on any atom is -0.419 e. The molecule has 1 N–H and O–H groups in total. The van der Waals surface area contributed by atoms with Crippen LogP contribution in [0.5, 0.6) is 0 Å². The van der Waals surface area contributed by atoms with E-state index in [0.717, 1.165) is 5.06 Å². The molecule has 0 aromatic rings. The Hall–Kier alpha value is -1.63. The number of hydroxylamine groups is 2. The Labute approximate surface area is 97.1 Å². The first-order valence-corrected chi connectivity index (χ1v) is 5.23. The van der Waals surface area contributed by atoms with Gasteiger partial charge in [-0.25, -0.2) is 4.79 Å². The summed E-state index contributed by atoms with van der Waals surface area (Å²) >= 11 is 4.88. The van der Waals surface area contributed by atoms with Crippen molar-refractivity contribution in [3.8, 4) is 0 Å². The molecule has 0 spiro atoms. The molecular formula is C9H10N2O4S. The van der Waals surface area contributed by atoms with Crippen molar-refractivity contribution in [1.82, 2.24) is 10.4 Å². The van der Waals surface area contributed by atoms with E-state index < -0.39 is 12.3 Å². The molecule has 0 aliphatic carbocycles. The van der Waals surface area contributed by atoms with Crippen LogP contribution in [0.4, 0.5) is 0 Å². The van der Waals surface area contributed by atoms with Crippen LogP contribution in [0.1, 0.15) is 19.3 Å². The van der Waals surface area contributed by atoms with E-state index in [1.807, 2.05) is 0 Å². The van der Waals surface area contributed by atoms with Gasteiger partial charge >= 0.3 is 11.9 Å². The molecule has 2 aliphatic heterocycles. The number of fused-ring (bicyclic) bond motifs is 1. The molecule has 0 aromatic carbocycles. The van der Waals surface area contributed by atoms with Gasteiger partial charge in [-0.05, 0) is 12.8 Å². The SMILES string of the molecule is O=C1CCCC(=S)C(=O)ON2C=CNC2O1. The average Bonchev–Trinajstić information content (AvgIpc) is 2.64. The van der Waals surface area contributed by atoms with E-state index in [2.05, 4.69) is 5.32 Å². The summed E-state index contributed by atoms with van der Waals surface area (Å²) in [5.41, 5.74) is 0. The molecule has 16 heavy (non-hydrogen) atoms. The predicted molar refractivity (Wildman–Crippen MR) is 56.5 cm³/mol. The number of hydrogen-bond acceptors (Lipinski definition) is 7. The molecule has 2 rings (SSSR count). The Bertz CT molecular complexity index is 369. The fourth-order valence-electron chi connectivity index (χ4n) is 1.34. The fourth-order valence-corrected chi connectivity index (χ4v) is 1.52. The zero-order chi connectivity index (χ0) is 11.5. The Morgan fingerprint density at radius 2 is 2.25 bits per heavy atom. The second kappa shape index (κ2) is 4.48. The standard InChI is InChI=1S/C9H10N2O4S/c12-7-3-1-2-6(16)8(13)15-11-5-4-10-9(11)14-7/h4-5,9-10H,1-3H2. The molecule has 1 fully saturated rings. The van der Waals surface area contributed by atoms with Gasteiger partial charge in [0.1, 0.15) is 4.86 Å². The second-order valence-corrected chi connectivity index (χ2v) is 3.83. The van der Waals surface area contributed by atoms with Crippen LogP contribution in [0.3, 0.4) is 0 Å². The quantitative estimate of drug-likeness (QED) is 0.480. The summed E-state index contributed by atoms with van der Waals surface area (Å²) in [6.07, 6.45) is 3.27. The van der Waals surface area contributed by atoms with Crippen LogP contribution in [0.25, 0.3) is 0 Å². The number of carbonyl (C=O) groups is 2. The van der Waals surface area contributed by atoms with Gasteiger partial charge < -0.3 is 14.9 Å². The van der Waals surface area contributed by atoms with Crippen LogP contribution >= 0.6 is 12.2 Å². The Kier molecular flexibility index (Phi) is 3.04. The van der Waals surface area contributed by atoms with Crippen molar-refractivity contribution in [3.63, 3.8) is 0 Å². The molecule has 7 heteroatoms. The summed E-state index contributed by atoms with van der Waals surface area (Å²) in [7, 11) is 0. The van der Waals surface area contributed by atoms with Crippen molar-refractivity contribution in [3.05, 3.63) is 12.4 Å². The molecule has 0 amide bonds. The van der Waals surface area contributed by atoms with Crippen LogP contribution in [-0.4, -0.2) is 28.2 Å². The Balaban J connectivity index is 2.10. The van der Waals surface area contributed by atoms with E-state index in [0.29, 0.717) is 12.8 Å². The predicted octanol–water partition coefficient (Wildman–Crippen LogP) is 0.202. The van der Waals surface area contributed by atoms with Gasteiger partial charge in [-0.1, -0.05) is 12.2 Å². The number of hydrogen-bond donors (Lipinski definition) is 1. The third-order valence-corrected chi connectivity index (χ3v) is 2.51. The molecule has 1 atom stereocenters. The van der Waals surface area contributed by atoms with Crippen LogP contribution in [-0.2, 0) is 19.2 Å². The highest BCUT2D eigenvalue weighted by Crippen LogP contribution is 2.13. The van der Waals surface area contributed by atoms with E-state index in [-0.39, 0.29) is 17.3 Å². The lowest BCUT2D eigenvalue weighted by Gasteiger charge is -2.24. The molecule has 0 radical (unpaired) electrons. The number of rotatable bonds is 0. The molecule has 0 bridgehead atoms. The number of nitrogens with one attached hydrogen (secondary N) is 1. The maximum atomic E-state index is 11.4. The van der Waals surface area contributed by atoms with Gasteiger partial charge in [-0.3, -0.25) is 4.79 Å². The van der Waals surface area contributed by atoms with E-state index in [4.69, 9.17) is 21.8 Å². The van der Waals surface area contributed by atoms with Gasteiger partial charge in [-0.15, -0.1) is 0 Å². The van der Waals surface area contributed by atoms with E-state index >= 15 is 0 Å². The summed E-state index contributed by atoms with van der Waals surface area (Å²) in [4.78, 5) is 27.9. The van der Waals surface area contributed by atoms with Gasteiger partial charge in [0.25, 0.3) is 6.35 Å². The molecule has 6 nitrogen and oxygen atoms in total. The van der Waals surface area contributed by atoms with Crippen molar-refractivity contribution >= 4 is 29.0 Å². The summed E-state index contributed by atoms with van der Waals surface area (Å²) in [6, 6.07) is 0. The van der Waals surface area contributed by atoms with Crippen molar-refractivity contribution in [1.29, 1.82) is 0 Å². The van der Waals surface area contributed by atoms with Crippen molar-refractivity contribution in [2.45, 2.75) is 25.6 Å². The normalized spacial score (nSPS) is 25.6. The summed E-state index contributed by atoms with van der Waals surface area (Å²) in [6.45, 7) is 0. The Morgan fingerprint density at radius 3 is 3.06 bits per heavy atom. The molecular weight excluding hydrogens is 232 g/mol.